The van der Waals surface area contributed by atoms with Crippen molar-refractivity contribution in [3.63, 3.8) is 0 Å². The summed E-state index contributed by atoms with van der Waals surface area (Å²) in [5.41, 5.74) is 0. The second-order valence-electron chi connectivity index (χ2n) is 4.20. The van der Waals surface area contributed by atoms with E-state index in [1.54, 1.807) is 0 Å². The predicted octanol–water partition coefficient (Wildman–Crippen LogP) is -0.393. The first kappa shape index (κ1) is 9.93. The van der Waals surface area contributed by atoms with Crippen LogP contribution in [-0.2, 0) is 4.79 Å². The van der Waals surface area contributed by atoms with E-state index in [-0.39, 0.29) is 11.9 Å². The van der Waals surface area contributed by atoms with Gasteiger partial charge in [0.15, 0.2) is 0 Å². The van der Waals surface area contributed by atoms with Crippen LogP contribution >= 0.6 is 0 Å². The summed E-state index contributed by atoms with van der Waals surface area (Å²) in [6.45, 7) is 3.01. The Kier molecular flexibility index (Phi) is 3.37. The highest BCUT2D eigenvalue weighted by Crippen LogP contribution is 2.07. The monoisotopic (exact) mass is 197 g/mol. The van der Waals surface area contributed by atoms with Gasteiger partial charge in [-0.05, 0) is 38.8 Å². The Morgan fingerprint density at radius 1 is 1.21 bits per heavy atom. The molecule has 4 nitrogen and oxygen atoms in total. The van der Waals surface area contributed by atoms with Crippen molar-refractivity contribution in [3.05, 3.63) is 0 Å². The molecule has 2 unspecified atom stereocenters. The zero-order valence-electron chi connectivity index (χ0n) is 8.51. The first-order valence-corrected chi connectivity index (χ1v) is 5.61. The first-order chi connectivity index (χ1) is 6.86. The SMILES string of the molecule is O=C(NC1CCCNC1)C1CCCN1. The Morgan fingerprint density at radius 2 is 2.07 bits per heavy atom. The van der Waals surface area contributed by atoms with Crippen LogP contribution in [0.25, 0.3) is 0 Å². The molecule has 0 saturated carbocycles. The van der Waals surface area contributed by atoms with Gasteiger partial charge in [0.1, 0.15) is 0 Å². The summed E-state index contributed by atoms with van der Waals surface area (Å²) in [5.74, 6) is 0.191. The minimum absolute atomic E-state index is 0.0666. The Hall–Kier alpha value is -0.610. The Bertz CT molecular complexity index is 196. The van der Waals surface area contributed by atoms with E-state index in [9.17, 15) is 4.79 Å². The molecule has 4 heteroatoms. The van der Waals surface area contributed by atoms with Gasteiger partial charge < -0.3 is 16.0 Å². The number of carbonyl (C=O) groups is 1. The highest BCUT2D eigenvalue weighted by Gasteiger charge is 2.24. The van der Waals surface area contributed by atoms with Crippen molar-refractivity contribution in [2.75, 3.05) is 19.6 Å². The number of rotatable bonds is 2. The summed E-state index contributed by atoms with van der Waals surface area (Å²) in [7, 11) is 0. The van der Waals surface area contributed by atoms with Crippen LogP contribution in [-0.4, -0.2) is 37.6 Å². The van der Waals surface area contributed by atoms with Gasteiger partial charge in [-0.2, -0.15) is 0 Å². The largest absolute Gasteiger partial charge is 0.351 e. The fourth-order valence-corrected chi connectivity index (χ4v) is 2.19. The van der Waals surface area contributed by atoms with E-state index in [2.05, 4.69) is 16.0 Å². The van der Waals surface area contributed by atoms with Gasteiger partial charge in [-0.1, -0.05) is 0 Å². The quantitative estimate of drug-likeness (QED) is 0.565. The summed E-state index contributed by atoms with van der Waals surface area (Å²) in [4.78, 5) is 11.7. The zero-order chi connectivity index (χ0) is 9.80. The van der Waals surface area contributed by atoms with Crippen molar-refractivity contribution in [2.45, 2.75) is 37.8 Å². The number of hydrogen-bond donors (Lipinski definition) is 3. The summed E-state index contributed by atoms with van der Waals surface area (Å²) >= 11 is 0. The maximum absolute atomic E-state index is 11.7. The van der Waals surface area contributed by atoms with Crippen LogP contribution in [0.15, 0.2) is 0 Å². The number of carbonyl (C=O) groups excluding carboxylic acids is 1. The highest BCUT2D eigenvalue weighted by molar-refractivity contribution is 5.82. The van der Waals surface area contributed by atoms with E-state index in [1.165, 1.54) is 6.42 Å². The van der Waals surface area contributed by atoms with Gasteiger partial charge >= 0.3 is 0 Å². The molecule has 0 bridgehead atoms. The molecule has 2 aliphatic heterocycles. The molecule has 2 aliphatic rings. The van der Waals surface area contributed by atoms with Crippen LogP contribution in [0.2, 0.25) is 0 Å². The van der Waals surface area contributed by atoms with Gasteiger partial charge in [0, 0.05) is 12.6 Å². The van der Waals surface area contributed by atoms with Crippen molar-refractivity contribution in [1.82, 2.24) is 16.0 Å². The van der Waals surface area contributed by atoms with Crippen LogP contribution < -0.4 is 16.0 Å². The topological polar surface area (TPSA) is 53.2 Å². The van der Waals surface area contributed by atoms with Gasteiger partial charge in [0.05, 0.1) is 6.04 Å². The smallest absolute Gasteiger partial charge is 0.237 e. The van der Waals surface area contributed by atoms with Gasteiger partial charge in [-0.15, -0.1) is 0 Å². The third-order valence-corrected chi connectivity index (χ3v) is 3.02. The molecule has 2 rings (SSSR count). The molecular weight excluding hydrogens is 178 g/mol. The molecule has 0 spiro atoms. The van der Waals surface area contributed by atoms with Crippen LogP contribution in [0, 0.1) is 0 Å². The average molecular weight is 197 g/mol. The maximum atomic E-state index is 11.7. The molecule has 2 saturated heterocycles. The molecular formula is C10H19N3O. The third-order valence-electron chi connectivity index (χ3n) is 3.02. The second-order valence-corrected chi connectivity index (χ2v) is 4.20. The summed E-state index contributed by atoms with van der Waals surface area (Å²) in [6, 6.07) is 0.413. The maximum Gasteiger partial charge on any atom is 0.237 e. The van der Waals surface area contributed by atoms with Crippen LogP contribution in [0.4, 0.5) is 0 Å². The highest BCUT2D eigenvalue weighted by atomic mass is 16.2. The lowest BCUT2D eigenvalue weighted by Crippen LogP contribution is -2.50. The van der Waals surface area contributed by atoms with E-state index >= 15 is 0 Å². The molecule has 0 aromatic heterocycles. The van der Waals surface area contributed by atoms with E-state index in [0.29, 0.717) is 6.04 Å². The number of amides is 1. The van der Waals surface area contributed by atoms with Gasteiger partial charge in [0.2, 0.25) is 5.91 Å². The van der Waals surface area contributed by atoms with Crippen molar-refractivity contribution in [2.24, 2.45) is 0 Å². The lowest BCUT2D eigenvalue weighted by atomic mass is 10.1. The fraction of sp³-hybridized carbons (Fsp3) is 0.900. The summed E-state index contributed by atoms with van der Waals surface area (Å²) in [6.07, 6.45) is 4.40. The number of piperidine rings is 1. The van der Waals surface area contributed by atoms with E-state index in [1.807, 2.05) is 0 Å². The predicted molar refractivity (Wildman–Crippen MR) is 55.1 cm³/mol. The van der Waals surface area contributed by atoms with E-state index in [0.717, 1.165) is 38.9 Å². The van der Waals surface area contributed by atoms with Crippen molar-refractivity contribution >= 4 is 5.91 Å². The lowest BCUT2D eigenvalue weighted by molar-refractivity contribution is -0.123. The Morgan fingerprint density at radius 3 is 2.71 bits per heavy atom. The average Bonchev–Trinajstić information content (AvgIpc) is 2.72. The molecule has 1 amide bonds. The molecule has 3 N–H and O–H groups in total. The van der Waals surface area contributed by atoms with Crippen LogP contribution in [0.1, 0.15) is 25.7 Å². The van der Waals surface area contributed by atoms with Gasteiger partial charge in [0.25, 0.3) is 0 Å². The standard InChI is InChI=1S/C10H19N3O/c14-10(9-4-2-6-12-9)13-8-3-1-5-11-7-8/h8-9,11-12H,1-7H2,(H,13,14). The third kappa shape index (κ3) is 2.45. The lowest BCUT2D eigenvalue weighted by Gasteiger charge is -2.25. The van der Waals surface area contributed by atoms with Gasteiger partial charge in [-0.25, -0.2) is 0 Å². The normalized spacial score (nSPS) is 32.9. The molecule has 2 fully saturated rings. The van der Waals surface area contributed by atoms with Crippen molar-refractivity contribution in [3.8, 4) is 0 Å². The molecule has 0 radical (unpaired) electrons. The summed E-state index contributed by atoms with van der Waals surface area (Å²) in [5, 5.41) is 9.61. The minimum Gasteiger partial charge on any atom is -0.351 e. The zero-order valence-corrected chi connectivity index (χ0v) is 8.51. The molecule has 0 aromatic rings. The molecule has 80 valence electrons. The fourth-order valence-electron chi connectivity index (χ4n) is 2.19. The molecule has 14 heavy (non-hydrogen) atoms. The van der Waals surface area contributed by atoms with E-state index < -0.39 is 0 Å². The molecule has 0 aliphatic carbocycles. The van der Waals surface area contributed by atoms with Crippen LogP contribution in [0.5, 0.6) is 0 Å². The molecule has 2 atom stereocenters. The molecule has 2 heterocycles. The summed E-state index contributed by atoms with van der Waals surface area (Å²) < 4.78 is 0. The van der Waals surface area contributed by atoms with E-state index in [4.69, 9.17) is 0 Å². The Balaban J connectivity index is 1.75. The minimum atomic E-state index is 0.0666. The van der Waals surface area contributed by atoms with Crippen LogP contribution in [0.3, 0.4) is 0 Å². The molecule has 0 aromatic carbocycles. The van der Waals surface area contributed by atoms with Crippen molar-refractivity contribution < 1.29 is 4.79 Å². The Labute approximate surface area is 84.8 Å². The van der Waals surface area contributed by atoms with Crippen molar-refractivity contribution in [1.29, 1.82) is 0 Å². The number of hydrogen-bond acceptors (Lipinski definition) is 3. The second kappa shape index (κ2) is 4.75. The van der Waals surface area contributed by atoms with Gasteiger partial charge in [-0.3, -0.25) is 4.79 Å². The first-order valence-electron chi connectivity index (χ1n) is 5.61. The number of nitrogens with one attached hydrogen (secondary N) is 3.